The van der Waals surface area contributed by atoms with Crippen LogP contribution in [-0.2, 0) is 6.54 Å². The Balaban J connectivity index is 1.70. The fourth-order valence-electron chi connectivity index (χ4n) is 2.89. The lowest BCUT2D eigenvalue weighted by atomic mass is 10.1. The Kier molecular flexibility index (Phi) is 4.24. The molecule has 1 fully saturated rings. The second kappa shape index (κ2) is 6.33. The molecule has 8 nitrogen and oxygen atoms in total. The monoisotopic (exact) mass is 316 g/mol. The largest absolute Gasteiger partial charge is 0.506 e. The maximum absolute atomic E-state index is 11.1. The van der Waals surface area contributed by atoms with Crippen molar-refractivity contribution in [2.75, 3.05) is 13.1 Å². The number of nitrogens with zero attached hydrogens (tertiary/aromatic N) is 5. The molecule has 0 saturated carbocycles. The van der Waals surface area contributed by atoms with Crippen LogP contribution in [0, 0.1) is 6.92 Å². The van der Waals surface area contributed by atoms with Crippen molar-refractivity contribution in [2.45, 2.75) is 32.4 Å². The van der Waals surface area contributed by atoms with Gasteiger partial charge in [0, 0.05) is 18.8 Å². The molecule has 0 aromatic carbocycles. The number of aromatic nitrogens is 4. The van der Waals surface area contributed by atoms with E-state index in [4.69, 9.17) is 5.73 Å². The number of piperidine rings is 1. The van der Waals surface area contributed by atoms with E-state index in [-0.39, 0.29) is 17.6 Å². The van der Waals surface area contributed by atoms with Gasteiger partial charge in [-0.3, -0.25) is 14.7 Å². The molecule has 23 heavy (non-hydrogen) atoms. The lowest BCUT2D eigenvalue weighted by molar-refractivity contribution is 0.0988. The molecule has 3 heterocycles. The molecule has 0 spiro atoms. The number of carbonyl (C=O) groups excluding carboxylic acids is 1. The van der Waals surface area contributed by atoms with Crippen molar-refractivity contribution in [2.24, 2.45) is 5.73 Å². The smallest absolute Gasteiger partial charge is 0.288 e. The molecule has 2 aromatic heterocycles. The summed E-state index contributed by atoms with van der Waals surface area (Å²) in [6.07, 6.45) is 3.52. The van der Waals surface area contributed by atoms with Gasteiger partial charge in [0.2, 0.25) is 5.82 Å². The highest BCUT2D eigenvalue weighted by atomic mass is 16.3. The van der Waals surface area contributed by atoms with E-state index in [0.717, 1.165) is 31.6 Å². The zero-order chi connectivity index (χ0) is 16.4. The van der Waals surface area contributed by atoms with Crippen LogP contribution in [-0.4, -0.2) is 48.8 Å². The zero-order valence-electron chi connectivity index (χ0n) is 13.0. The fraction of sp³-hybridized carbons (Fsp3) is 0.467. The molecule has 1 aliphatic heterocycles. The van der Waals surface area contributed by atoms with Crippen molar-refractivity contribution in [3.05, 3.63) is 35.7 Å². The maximum atomic E-state index is 11.1. The highest BCUT2D eigenvalue weighted by Crippen LogP contribution is 2.24. The van der Waals surface area contributed by atoms with Crippen molar-refractivity contribution in [3.63, 3.8) is 0 Å². The van der Waals surface area contributed by atoms with Crippen LogP contribution in [0.4, 0.5) is 0 Å². The van der Waals surface area contributed by atoms with Crippen LogP contribution in [0.2, 0.25) is 0 Å². The Hall–Kier alpha value is -2.48. The number of aryl methyl sites for hydroxylation is 1. The van der Waals surface area contributed by atoms with E-state index in [1.165, 1.54) is 0 Å². The second-order valence-corrected chi connectivity index (χ2v) is 5.86. The molecule has 1 saturated heterocycles. The molecule has 1 atom stereocenters. The first-order valence-electron chi connectivity index (χ1n) is 7.61. The number of amides is 1. The van der Waals surface area contributed by atoms with Gasteiger partial charge in [-0.15, -0.1) is 5.10 Å². The highest BCUT2D eigenvalue weighted by Gasteiger charge is 2.24. The van der Waals surface area contributed by atoms with E-state index in [1.54, 1.807) is 23.1 Å². The average Bonchev–Trinajstić information content (AvgIpc) is 3.01. The van der Waals surface area contributed by atoms with Gasteiger partial charge in [-0.25, -0.2) is 9.67 Å². The number of primary amides is 1. The number of nitrogens with two attached hydrogens (primary N) is 1. The molecule has 8 heteroatoms. The molecule has 0 radical (unpaired) electrons. The van der Waals surface area contributed by atoms with Gasteiger partial charge >= 0.3 is 0 Å². The second-order valence-electron chi connectivity index (χ2n) is 5.86. The summed E-state index contributed by atoms with van der Waals surface area (Å²) < 4.78 is 1.70. The molecular formula is C15H20N6O2. The van der Waals surface area contributed by atoms with E-state index in [9.17, 15) is 9.90 Å². The van der Waals surface area contributed by atoms with E-state index in [1.807, 2.05) is 6.92 Å². The molecule has 122 valence electrons. The predicted octanol–water partition coefficient (Wildman–Crippen LogP) is 0.623. The summed E-state index contributed by atoms with van der Waals surface area (Å²) in [5.74, 6) is -0.361. The highest BCUT2D eigenvalue weighted by molar-refractivity contribution is 5.88. The number of pyridine rings is 1. The number of hydrogen-bond acceptors (Lipinski definition) is 6. The minimum absolute atomic E-state index is 0.0418. The quantitative estimate of drug-likeness (QED) is 0.855. The Morgan fingerprint density at radius 3 is 3.04 bits per heavy atom. The Bertz CT molecular complexity index is 714. The fourth-order valence-corrected chi connectivity index (χ4v) is 2.89. The van der Waals surface area contributed by atoms with Gasteiger partial charge in [-0.05, 0) is 38.4 Å². The lowest BCUT2D eigenvalue weighted by Crippen LogP contribution is -2.36. The first-order valence-corrected chi connectivity index (χ1v) is 7.61. The summed E-state index contributed by atoms with van der Waals surface area (Å²) in [6.45, 7) is 4.18. The van der Waals surface area contributed by atoms with Crippen molar-refractivity contribution in [1.82, 2.24) is 24.6 Å². The Labute approximate surface area is 134 Å². The molecule has 1 aliphatic rings. The minimum Gasteiger partial charge on any atom is -0.506 e. The summed E-state index contributed by atoms with van der Waals surface area (Å²) in [5.41, 5.74) is 6.76. The van der Waals surface area contributed by atoms with Gasteiger partial charge in [-0.1, -0.05) is 0 Å². The van der Waals surface area contributed by atoms with E-state index >= 15 is 0 Å². The molecule has 0 aliphatic carbocycles. The van der Waals surface area contributed by atoms with Crippen LogP contribution < -0.4 is 5.73 Å². The summed E-state index contributed by atoms with van der Waals surface area (Å²) in [5, 5.41) is 14.1. The normalized spacial score (nSPS) is 18.9. The van der Waals surface area contributed by atoms with Crippen LogP contribution >= 0.6 is 0 Å². The van der Waals surface area contributed by atoms with E-state index in [2.05, 4.69) is 20.0 Å². The summed E-state index contributed by atoms with van der Waals surface area (Å²) in [6, 6.07) is 3.60. The van der Waals surface area contributed by atoms with Crippen LogP contribution in [0.5, 0.6) is 5.75 Å². The third-order valence-electron chi connectivity index (χ3n) is 4.05. The SMILES string of the molecule is Cc1ccc(O)c(CN2CCC[C@H](n3cnc(C(N)=O)n3)C2)n1. The maximum Gasteiger partial charge on any atom is 0.288 e. The zero-order valence-corrected chi connectivity index (χ0v) is 13.0. The number of aromatic hydroxyl groups is 1. The standard InChI is InChI=1S/C15H20N6O2/c1-10-4-5-13(22)12(18-10)8-20-6-2-3-11(7-20)21-9-17-15(19-21)14(16)23/h4-5,9,11,22H,2-3,6-8H2,1H3,(H2,16,23)/t11-/m0/s1. The number of carbonyl (C=O) groups is 1. The molecular weight excluding hydrogens is 296 g/mol. The van der Waals surface area contributed by atoms with Gasteiger partial charge in [0.25, 0.3) is 5.91 Å². The van der Waals surface area contributed by atoms with Gasteiger partial charge in [0.05, 0.1) is 11.7 Å². The van der Waals surface area contributed by atoms with Crippen molar-refractivity contribution < 1.29 is 9.90 Å². The molecule has 3 N–H and O–H groups in total. The van der Waals surface area contributed by atoms with Gasteiger partial charge < -0.3 is 10.8 Å². The Morgan fingerprint density at radius 2 is 2.30 bits per heavy atom. The predicted molar refractivity (Wildman–Crippen MR) is 82.7 cm³/mol. The molecule has 2 aromatic rings. The van der Waals surface area contributed by atoms with Crippen LogP contribution in [0.1, 0.15) is 40.9 Å². The topological polar surface area (TPSA) is 110 Å². The first-order chi connectivity index (χ1) is 11.0. The van der Waals surface area contributed by atoms with Gasteiger partial charge in [0.15, 0.2) is 0 Å². The summed E-state index contributed by atoms with van der Waals surface area (Å²) in [4.78, 5) is 21.7. The van der Waals surface area contributed by atoms with Gasteiger partial charge in [-0.2, -0.15) is 0 Å². The van der Waals surface area contributed by atoms with Crippen LogP contribution in [0.25, 0.3) is 0 Å². The molecule has 0 unspecified atom stereocenters. The Morgan fingerprint density at radius 1 is 1.48 bits per heavy atom. The number of rotatable bonds is 4. The molecule has 3 rings (SSSR count). The lowest BCUT2D eigenvalue weighted by Gasteiger charge is -2.32. The summed E-state index contributed by atoms with van der Waals surface area (Å²) in [7, 11) is 0. The van der Waals surface area contributed by atoms with Gasteiger partial charge in [0.1, 0.15) is 12.1 Å². The van der Waals surface area contributed by atoms with Crippen LogP contribution in [0.3, 0.4) is 0 Å². The summed E-state index contributed by atoms with van der Waals surface area (Å²) >= 11 is 0. The number of likely N-dealkylation sites (tertiary alicyclic amines) is 1. The average molecular weight is 316 g/mol. The minimum atomic E-state index is -0.620. The number of hydrogen-bond donors (Lipinski definition) is 2. The molecule has 1 amide bonds. The van der Waals surface area contributed by atoms with E-state index in [0.29, 0.717) is 12.2 Å². The van der Waals surface area contributed by atoms with Crippen LogP contribution in [0.15, 0.2) is 18.5 Å². The van der Waals surface area contributed by atoms with Crippen molar-refractivity contribution >= 4 is 5.91 Å². The third-order valence-corrected chi connectivity index (χ3v) is 4.05. The molecule has 0 bridgehead atoms. The van der Waals surface area contributed by atoms with E-state index < -0.39 is 5.91 Å². The van der Waals surface area contributed by atoms with Crippen molar-refractivity contribution in [3.8, 4) is 5.75 Å². The third kappa shape index (κ3) is 3.48. The first kappa shape index (κ1) is 15.4. The van der Waals surface area contributed by atoms with Crippen molar-refractivity contribution in [1.29, 1.82) is 0 Å².